The summed E-state index contributed by atoms with van der Waals surface area (Å²) in [6.07, 6.45) is 10.1. The van der Waals surface area contributed by atoms with Gasteiger partial charge in [0.2, 0.25) is 17.8 Å². The standard InChI is InChI=1S/C39H44N6O6/c1-38(22-6-4-7-23-38)50-33(47)27-12-18-30(19-13-27)41-36-43-35(40-29-16-10-26(11-17-29)32(46)49-3)44-37(45-36)42-31-20-14-28(15-21-31)34(48)51-39(2)24-8-5-9-25-39/h10-21H,4-9,22-25H2,1-3H3,(H3,40,41,42,43,44,45). The third-order valence-corrected chi connectivity index (χ3v) is 9.45. The van der Waals surface area contributed by atoms with Crippen molar-refractivity contribution in [3.63, 3.8) is 0 Å². The molecule has 266 valence electrons. The van der Waals surface area contributed by atoms with E-state index in [1.54, 1.807) is 72.8 Å². The number of methoxy groups -OCH3 is 1. The lowest BCUT2D eigenvalue weighted by molar-refractivity contribution is -0.0278. The lowest BCUT2D eigenvalue weighted by atomic mass is 9.86. The van der Waals surface area contributed by atoms with Crippen LogP contribution in [0.1, 0.15) is 109 Å². The Kier molecular flexibility index (Phi) is 10.8. The first-order chi connectivity index (χ1) is 24.6. The molecule has 2 aliphatic rings. The first-order valence-corrected chi connectivity index (χ1v) is 17.5. The van der Waals surface area contributed by atoms with Gasteiger partial charge in [-0.05, 0) is 138 Å². The Morgan fingerprint density at radius 3 is 1.08 bits per heavy atom. The monoisotopic (exact) mass is 692 g/mol. The summed E-state index contributed by atoms with van der Waals surface area (Å²) in [5.74, 6) is -0.443. The summed E-state index contributed by atoms with van der Waals surface area (Å²) in [4.78, 5) is 51.4. The average molecular weight is 693 g/mol. The molecule has 3 N–H and O–H groups in total. The molecule has 12 nitrogen and oxygen atoms in total. The summed E-state index contributed by atoms with van der Waals surface area (Å²) < 4.78 is 16.6. The Morgan fingerprint density at radius 2 is 0.784 bits per heavy atom. The molecule has 2 aliphatic carbocycles. The minimum Gasteiger partial charge on any atom is -0.465 e. The molecule has 6 rings (SSSR count). The minimum absolute atomic E-state index is 0.225. The van der Waals surface area contributed by atoms with Crippen molar-refractivity contribution >= 4 is 52.8 Å². The molecule has 0 radical (unpaired) electrons. The van der Waals surface area contributed by atoms with Crippen molar-refractivity contribution in [3.05, 3.63) is 89.5 Å². The van der Waals surface area contributed by atoms with Crippen LogP contribution >= 0.6 is 0 Å². The molecule has 1 aromatic heterocycles. The van der Waals surface area contributed by atoms with Gasteiger partial charge in [-0.15, -0.1) is 0 Å². The molecule has 0 bridgehead atoms. The van der Waals surface area contributed by atoms with Crippen molar-refractivity contribution in [3.8, 4) is 0 Å². The van der Waals surface area contributed by atoms with Gasteiger partial charge in [-0.1, -0.05) is 12.8 Å². The van der Waals surface area contributed by atoms with Crippen LogP contribution in [-0.2, 0) is 14.2 Å². The van der Waals surface area contributed by atoms with Gasteiger partial charge in [0, 0.05) is 17.1 Å². The van der Waals surface area contributed by atoms with Crippen LogP contribution in [0.5, 0.6) is 0 Å². The van der Waals surface area contributed by atoms with Crippen LogP contribution < -0.4 is 16.0 Å². The second-order valence-electron chi connectivity index (χ2n) is 13.7. The molecular weight excluding hydrogens is 648 g/mol. The van der Waals surface area contributed by atoms with Crippen molar-refractivity contribution in [1.29, 1.82) is 0 Å². The van der Waals surface area contributed by atoms with Gasteiger partial charge in [0.1, 0.15) is 11.2 Å². The maximum atomic E-state index is 12.9. The Morgan fingerprint density at radius 1 is 0.490 bits per heavy atom. The predicted molar refractivity (Wildman–Crippen MR) is 194 cm³/mol. The highest BCUT2D eigenvalue weighted by Gasteiger charge is 2.32. The van der Waals surface area contributed by atoms with Gasteiger partial charge < -0.3 is 30.2 Å². The fourth-order valence-corrected chi connectivity index (χ4v) is 6.49. The van der Waals surface area contributed by atoms with E-state index in [2.05, 4.69) is 30.9 Å². The van der Waals surface area contributed by atoms with Gasteiger partial charge in [0.15, 0.2) is 0 Å². The van der Waals surface area contributed by atoms with Gasteiger partial charge in [-0.25, -0.2) is 14.4 Å². The van der Waals surface area contributed by atoms with E-state index in [-0.39, 0.29) is 29.8 Å². The molecule has 2 saturated carbocycles. The Hall–Kier alpha value is -5.52. The largest absolute Gasteiger partial charge is 0.465 e. The molecule has 0 spiro atoms. The highest BCUT2D eigenvalue weighted by Crippen LogP contribution is 2.33. The van der Waals surface area contributed by atoms with E-state index in [9.17, 15) is 14.4 Å². The third-order valence-electron chi connectivity index (χ3n) is 9.45. The van der Waals surface area contributed by atoms with Gasteiger partial charge >= 0.3 is 17.9 Å². The summed E-state index contributed by atoms with van der Waals surface area (Å²) in [5.41, 5.74) is 2.40. The highest BCUT2D eigenvalue weighted by atomic mass is 16.6. The quantitative estimate of drug-likeness (QED) is 0.102. The minimum atomic E-state index is -0.440. The number of anilines is 6. The summed E-state index contributed by atoms with van der Waals surface area (Å²) >= 11 is 0. The smallest absolute Gasteiger partial charge is 0.338 e. The second-order valence-corrected chi connectivity index (χ2v) is 13.7. The van der Waals surface area contributed by atoms with Crippen molar-refractivity contribution in [2.45, 2.75) is 89.3 Å². The normalized spacial score (nSPS) is 16.3. The lowest BCUT2D eigenvalue weighted by Crippen LogP contribution is -2.33. The summed E-state index contributed by atoms with van der Waals surface area (Å²) in [6.45, 7) is 4.01. The Balaban J connectivity index is 1.18. The van der Waals surface area contributed by atoms with Gasteiger partial charge in [0.25, 0.3) is 0 Å². The van der Waals surface area contributed by atoms with E-state index in [0.717, 1.165) is 51.4 Å². The van der Waals surface area contributed by atoms with Crippen molar-refractivity contribution in [2.75, 3.05) is 23.1 Å². The molecule has 1 heterocycles. The SMILES string of the molecule is COC(=O)c1ccc(Nc2nc(Nc3ccc(C(=O)OC4(C)CCCCC4)cc3)nc(Nc3ccc(C(=O)OC4(C)CCCCC4)cc3)n2)cc1. The number of rotatable bonds is 11. The number of nitrogens with zero attached hydrogens (tertiary/aromatic N) is 3. The topological polar surface area (TPSA) is 154 Å². The molecule has 0 unspecified atom stereocenters. The number of carbonyl (C=O) groups is 3. The number of ether oxygens (including phenoxy) is 3. The van der Waals surface area contributed by atoms with Crippen molar-refractivity contribution in [1.82, 2.24) is 15.0 Å². The number of benzene rings is 3. The van der Waals surface area contributed by atoms with E-state index in [1.807, 2.05) is 13.8 Å². The molecule has 3 aromatic carbocycles. The maximum Gasteiger partial charge on any atom is 0.338 e. The zero-order valence-electron chi connectivity index (χ0n) is 29.3. The maximum absolute atomic E-state index is 12.9. The lowest BCUT2D eigenvalue weighted by Gasteiger charge is -2.33. The number of hydrogen-bond donors (Lipinski definition) is 3. The fourth-order valence-electron chi connectivity index (χ4n) is 6.49. The molecule has 0 amide bonds. The number of hydrogen-bond acceptors (Lipinski definition) is 12. The highest BCUT2D eigenvalue weighted by molar-refractivity contribution is 5.91. The van der Waals surface area contributed by atoms with E-state index in [0.29, 0.717) is 33.8 Å². The Labute approximate surface area is 297 Å². The zero-order valence-corrected chi connectivity index (χ0v) is 29.3. The van der Waals surface area contributed by atoms with Crippen LogP contribution in [0.3, 0.4) is 0 Å². The average Bonchev–Trinajstić information content (AvgIpc) is 3.12. The Bertz CT molecular complexity index is 1730. The zero-order chi connectivity index (χ0) is 35.8. The van der Waals surface area contributed by atoms with E-state index < -0.39 is 17.2 Å². The molecule has 0 atom stereocenters. The van der Waals surface area contributed by atoms with Crippen LogP contribution in [0.2, 0.25) is 0 Å². The van der Waals surface area contributed by atoms with Gasteiger partial charge in [0.05, 0.1) is 23.8 Å². The van der Waals surface area contributed by atoms with Crippen LogP contribution in [-0.4, -0.2) is 51.2 Å². The first-order valence-electron chi connectivity index (χ1n) is 17.5. The molecule has 12 heteroatoms. The number of aromatic nitrogens is 3. The molecule has 0 aliphatic heterocycles. The van der Waals surface area contributed by atoms with Crippen LogP contribution in [0.4, 0.5) is 34.9 Å². The van der Waals surface area contributed by atoms with Crippen molar-refractivity contribution < 1.29 is 28.6 Å². The first kappa shape index (κ1) is 35.3. The van der Waals surface area contributed by atoms with Crippen LogP contribution in [0.15, 0.2) is 72.8 Å². The van der Waals surface area contributed by atoms with Gasteiger partial charge in [-0.2, -0.15) is 15.0 Å². The van der Waals surface area contributed by atoms with Crippen molar-refractivity contribution in [2.24, 2.45) is 0 Å². The molecule has 4 aromatic rings. The number of nitrogens with one attached hydrogen (secondary N) is 3. The van der Waals surface area contributed by atoms with E-state index in [4.69, 9.17) is 14.2 Å². The number of carbonyl (C=O) groups excluding carboxylic acids is 3. The predicted octanol–water partition coefficient (Wildman–Crippen LogP) is 8.65. The second kappa shape index (κ2) is 15.6. The summed E-state index contributed by atoms with van der Waals surface area (Å²) in [6, 6.07) is 20.6. The molecule has 51 heavy (non-hydrogen) atoms. The summed E-state index contributed by atoms with van der Waals surface area (Å²) in [5, 5.41) is 9.54. The summed E-state index contributed by atoms with van der Waals surface area (Å²) in [7, 11) is 1.33. The van der Waals surface area contributed by atoms with Crippen LogP contribution in [0, 0.1) is 0 Å². The number of esters is 3. The molecule has 0 saturated heterocycles. The van der Waals surface area contributed by atoms with E-state index >= 15 is 0 Å². The van der Waals surface area contributed by atoms with Gasteiger partial charge in [-0.3, -0.25) is 0 Å². The molecule has 2 fully saturated rings. The molecular formula is C39H44N6O6. The third kappa shape index (κ3) is 9.39. The van der Waals surface area contributed by atoms with Crippen LogP contribution in [0.25, 0.3) is 0 Å². The van der Waals surface area contributed by atoms with E-state index in [1.165, 1.54) is 20.0 Å². The fraction of sp³-hybridized carbons (Fsp3) is 0.385.